The van der Waals surface area contributed by atoms with Crippen molar-refractivity contribution >= 4 is 17.3 Å². The van der Waals surface area contributed by atoms with Crippen LogP contribution in [0.1, 0.15) is 26.7 Å². The maximum atomic E-state index is 5.26. The summed E-state index contributed by atoms with van der Waals surface area (Å²) >= 11 is 5.26. The van der Waals surface area contributed by atoms with Gasteiger partial charge in [0.25, 0.3) is 0 Å². The van der Waals surface area contributed by atoms with Crippen LogP contribution in [0.25, 0.3) is 0 Å². The maximum Gasteiger partial charge on any atom is 0.169 e. The van der Waals surface area contributed by atoms with E-state index in [1.54, 1.807) is 7.11 Å². The summed E-state index contributed by atoms with van der Waals surface area (Å²) in [6, 6.07) is 0. The lowest BCUT2D eigenvalue weighted by atomic mass is 10.3. The third-order valence-corrected chi connectivity index (χ3v) is 2.44. The molecule has 0 bridgehead atoms. The zero-order chi connectivity index (χ0) is 10.8. The molecule has 0 saturated heterocycles. The number of rotatable bonds is 7. The fraction of sp³-hybridized carbons (Fsp3) is 0.900. The van der Waals surface area contributed by atoms with E-state index < -0.39 is 0 Å². The molecule has 0 aliphatic rings. The second-order valence-electron chi connectivity index (χ2n) is 3.16. The summed E-state index contributed by atoms with van der Waals surface area (Å²) in [5.74, 6) is 0. The molecule has 0 aromatic carbocycles. The molecule has 0 amide bonds. The molecular formula is C10H22N2OS. The van der Waals surface area contributed by atoms with Crippen molar-refractivity contribution in [1.82, 2.24) is 10.2 Å². The Morgan fingerprint density at radius 2 is 2.14 bits per heavy atom. The number of thiocarbonyl (C=S) groups is 1. The summed E-state index contributed by atoms with van der Waals surface area (Å²) in [6.07, 6.45) is 2.40. The number of hydrogen-bond acceptors (Lipinski definition) is 2. The third kappa shape index (κ3) is 6.16. The highest BCUT2D eigenvalue weighted by Crippen LogP contribution is 1.95. The second kappa shape index (κ2) is 9.21. The van der Waals surface area contributed by atoms with Crippen molar-refractivity contribution in [2.75, 3.05) is 33.4 Å². The van der Waals surface area contributed by atoms with Crippen LogP contribution in [-0.4, -0.2) is 43.4 Å². The minimum Gasteiger partial charge on any atom is -0.383 e. The first-order chi connectivity index (χ1) is 6.76. The molecule has 0 fully saturated rings. The second-order valence-corrected chi connectivity index (χ2v) is 3.54. The molecule has 3 nitrogen and oxygen atoms in total. The van der Waals surface area contributed by atoms with Gasteiger partial charge in [0.05, 0.1) is 6.61 Å². The molecular weight excluding hydrogens is 196 g/mol. The van der Waals surface area contributed by atoms with Crippen molar-refractivity contribution in [2.45, 2.75) is 26.7 Å². The van der Waals surface area contributed by atoms with Gasteiger partial charge in [-0.05, 0) is 25.6 Å². The predicted molar refractivity (Wildman–Crippen MR) is 64.6 cm³/mol. The van der Waals surface area contributed by atoms with Gasteiger partial charge in [0.1, 0.15) is 0 Å². The van der Waals surface area contributed by atoms with Crippen molar-refractivity contribution in [1.29, 1.82) is 0 Å². The van der Waals surface area contributed by atoms with Crippen LogP contribution in [-0.2, 0) is 4.74 Å². The Labute approximate surface area is 92.8 Å². The van der Waals surface area contributed by atoms with Gasteiger partial charge in [0.15, 0.2) is 5.11 Å². The van der Waals surface area contributed by atoms with Gasteiger partial charge < -0.3 is 15.0 Å². The molecule has 0 radical (unpaired) electrons. The van der Waals surface area contributed by atoms with Gasteiger partial charge in [0.2, 0.25) is 0 Å². The molecule has 0 unspecified atom stereocenters. The quantitative estimate of drug-likeness (QED) is 0.518. The summed E-state index contributed by atoms with van der Waals surface area (Å²) in [7, 11) is 1.69. The first-order valence-corrected chi connectivity index (χ1v) is 5.68. The average Bonchev–Trinajstić information content (AvgIpc) is 2.19. The van der Waals surface area contributed by atoms with Crippen LogP contribution in [0, 0.1) is 0 Å². The number of ether oxygens (including phenoxy) is 1. The van der Waals surface area contributed by atoms with Gasteiger partial charge in [-0.15, -0.1) is 0 Å². The third-order valence-electron chi connectivity index (χ3n) is 2.03. The molecule has 14 heavy (non-hydrogen) atoms. The van der Waals surface area contributed by atoms with Gasteiger partial charge in [-0.25, -0.2) is 0 Å². The van der Waals surface area contributed by atoms with E-state index >= 15 is 0 Å². The largest absolute Gasteiger partial charge is 0.383 e. The molecule has 0 rings (SSSR count). The van der Waals surface area contributed by atoms with E-state index in [4.69, 9.17) is 17.0 Å². The summed E-state index contributed by atoms with van der Waals surface area (Å²) in [5, 5.41) is 4.02. The van der Waals surface area contributed by atoms with E-state index in [-0.39, 0.29) is 0 Å². The molecule has 0 aromatic rings. The SMILES string of the molecule is CCCCN(CC)C(=S)NCCOC. The summed E-state index contributed by atoms with van der Waals surface area (Å²) < 4.78 is 4.95. The smallest absolute Gasteiger partial charge is 0.169 e. The minimum absolute atomic E-state index is 0.700. The monoisotopic (exact) mass is 218 g/mol. The molecule has 1 N–H and O–H groups in total. The highest BCUT2D eigenvalue weighted by atomic mass is 32.1. The van der Waals surface area contributed by atoms with Gasteiger partial charge in [0, 0.05) is 26.7 Å². The van der Waals surface area contributed by atoms with Crippen LogP contribution in [0.5, 0.6) is 0 Å². The van der Waals surface area contributed by atoms with Crippen molar-refractivity contribution in [2.24, 2.45) is 0 Å². The first kappa shape index (κ1) is 13.7. The van der Waals surface area contributed by atoms with E-state index in [2.05, 4.69) is 24.1 Å². The van der Waals surface area contributed by atoms with Crippen molar-refractivity contribution in [3.63, 3.8) is 0 Å². The maximum absolute atomic E-state index is 5.26. The lowest BCUT2D eigenvalue weighted by Gasteiger charge is -2.24. The molecule has 0 atom stereocenters. The molecule has 0 aromatic heterocycles. The van der Waals surface area contributed by atoms with Crippen LogP contribution in [0.2, 0.25) is 0 Å². The Balaban J connectivity index is 3.67. The summed E-state index contributed by atoms with van der Waals surface area (Å²) in [4.78, 5) is 2.19. The van der Waals surface area contributed by atoms with Gasteiger partial charge >= 0.3 is 0 Å². The minimum atomic E-state index is 0.700. The fourth-order valence-electron chi connectivity index (χ4n) is 1.12. The van der Waals surface area contributed by atoms with E-state index in [9.17, 15) is 0 Å². The van der Waals surface area contributed by atoms with Crippen LogP contribution in [0.15, 0.2) is 0 Å². The number of methoxy groups -OCH3 is 1. The Bertz CT molecular complexity index is 153. The van der Waals surface area contributed by atoms with Crippen molar-refractivity contribution < 1.29 is 4.74 Å². The normalized spacial score (nSPS) is 9.93. The van der Waals surface area contributed by atoms with Crippen LogP contribution >= 0.6 is 12.2 Å². The number of unbranched alkanes of at least 4 members (excludes halogenated alkanes) is 1. The summed E-state index contributed by atoms with van der Waals surface area (Å²) in [6.45, 7) is 7.82. The summed E-state index contributed by atoms with van der Waals surface area (Å²) in [5.41, 5.74) is 0. The molecule has 84 valence electrons. The standard InChI is InChI=1S/C10H22N2OS/c1-4-6-8-12(5-2)10(14)11-7-9-13-3/h4-9H2,1-3H3,(H,11,14). The van der Waals surface area contributed by atoms with Gasteiger partial charge in [-0.1, -0.05) is 13.3 Å². The topological polar surface area (TPSA) is 24.5 Å². The Kier molecular flexibility index (Phi) is 8.98. The Hall–Kier alpha value is -0.350. The van der Waals surface area contributed by atoms with Gasteiger partial charge in [-0.3, -0.25) is 0 Å². The molecule has 0 aliphatic carbocycles. The van der Waals surface area contributed by atoms with E-state index in [1.807, 2.05) is 0 Å². The average molecular weight is 218 g/mol. The van der Waals surface area contributed by atoms with Gasteiger partial charge in [-0.2, -0.15) is 0 Å². The number of nitrogens with one attached hydrogen (secondary N) is 1. The van der Waals surface area contributed by atoms with E-state index in [0.717, 1.165) is 24.7 Å². The van der Waals surface area contributed by atoms with E-state index in [1.165, 1.54) is 12.8 Å². The molecule has 0 aliphatic heterocycles. The Morgan fingerprint density at radius 1 is 1.43 bits per heavy atom. The van der Waals surface area contributed by atoms with Crippen LogP contribution in [0.4, 0.5) is 0 Å². The molecule has 0 heterocycles. The van der Waals surface area contributed by atoms with Crippen molar-refractivity contribution in [3.05, 3.63) is 0 Å². The van der Waals surface area contributed by atoms with Crippen molar-refractivity contribution in [3.8, 4) is 0 Å². The lowest BCUT2D eigenvalue weighted by molar-refractivity contribution is 0.203. The van der Waals surface area contributed by atoms with Crippen LogP contribution in [0.3, 0.4) is 0 Å². The predicted octanol–water partition coefficient (Wildman–Crippen LogP) is 1.63. The highest BCUT2D eigenvalue weighted by Gasteiger charge is 2.04. The highest BCUT2D eigenvalue weighted by molar-refractivity contribution is 7.80. The number of nitrogens with zero attached hydrogens (tertiary/aromatic N) is 1. The lowest BCUT2D eigenvalue weighted by Crippen LogP contribution is -2.41. The zero-order valence-corrected chi connectivity index (χ0v) is 10.3. The Morgan fingerprint density at radius 3 is 2.64 bits per heavy atom. The number of hydrogen-bond donors (Lipinski definition) is 1. The zero-order valence-electron chi connectivity index (χ0n) is 9.51. The molecule has 4 heteroatoms. The molecule has 0 spiro atoms. The van der Waals surface area contributed by atoms with E-state index in [0.29, 0.717) is 6.61 Å². The molecule has 0 saturated carbocycles. The first-order valence-electron chi connectivity index (χ1n) is 5.27. The fourth-order valence-corrected chi connectivity index (χ4v) is 1.45. The van der Waals surface area contributed by atoms with Crippen LogP contribution < -0.4 is 5.32 Å².